The van der Waals surface area contributed by atoms with E-state index in [2.05, 4.69) is 0 Å². The summed E-state index contributed by atoms with van der Waals surface area (Å²) in [5, 5.41) is 1.88. The quantitative estimate of drug-likeness (QED) is 0.789. The fourth-order valence-corrected chi connectivity index (χ4v) is 2.12. The molecule has 0 aromatic heterocycles. The number of piperidine rings is 1. The fraction of sp³-hybridized carbons (Fsp3) is 0.909. The van der Waals surface area contributed by atoms with E-state index in [1.54, 1.807) is 0 Å². The Labute approximate surface area is 105 Å². The van der Waals surface area contributed by atoms with Crippen LogP contribution in [0, 0.1) is 5.92 Å². The summed E-state index contributed by atoms with van der Waals surface area (Å²) in [6.07, 6.45) is -2.41. The van der Waals surface area contributed by atoms with Gasteiger partial charge in [0.2, 0.25) is 5.91 Å². The van der Waals surface area contributed by atoms with Crippen molar-refractivity contribution in [1.29, 1.82) is 0 Å². The predicted molar refractivity (Wildman–Crippen MR) is 61.9 cm³/mol. The van der Waals surface area contributed by atoms with E-state index in [1.807, 2.05) is 17.1 Å². The van der Waals surface area contributed by atoms with Gasteiger partial charge in [0, 0.05) is 12.6 Å². The number of likely N-dealkylation sites (tertiary alicyclic amines) is 1. The van der Waals surface area contributed by atoms with E-state index in [9.17, 15) is 18.0 Å². The summed E-state index contributed by atoms with van der Waals surface area (Å²) in [6, 6.07) is 0.0473. The van der Waals surface area contributed by atoms with Crippen molar-refractivity contribution < 1.29 is 18.0 Å². The van der Waals surface area contributed by atoms with Crippen LogP contribution in [-0.2, 0) is 4.79 Å². The Morgan fingerprint density at radius 1 is 1.56 bits per heavy atom. The van der Waals surface area contributed by atoms with Gasteiger partial charge in [0.1, 0.15) is 6.54 Å². The van der Waals surface area contributed by atoms with Gasteiger partial charge in [0.05, 0.1) is 6.54 Å². The highest BCUT2D eigenvalue weighted by Gasteiger charge is 2.29. The van der Waals surface area contributed by atoms with Crippen LogP contribution < -0.4 is 11.1 Å². The number of alkyl halides is 3. The standard InChI is InChI=1S/C11H20F3N3O/c1-8(15)9-3-2-4-17(5-9)6-10(18)16-7-11(12,13)14/h8-9H,2-7,15H2,1H3,(H,16,18). The minimum Gasteiger partial charge on any atom is -0.346 e. The molecule has 0 aromatic rings. The van der Waals surface area contributed by atoms with Crippen LogP contribution in [0.15, 0.2) is 0 Å². The molecule has 0 radical (unpaired) electrons. The van der Waals surface area contributed by atoms with E-state index in [1.165, 1.54) is 0 Å². The van der Waals surface area contributed by atoms with Gasteiger partial charge in [-0.2, -0.15) is 13.2 Å². The number of nitrogens with two attached hydrogens (primary N) is 1. The summed E-state index contributed by atoms with van der Waals surface area (Å²) in [4.78, 5) is 13.2. The van der Waals surface area contributed by atoms with Crippen molar-refractivity contribution in [2.24, 2.45) is 11.7 Å². The largest absolute Gasteiger partial charge is 0.405 e. The van der Waals surface area contributed by atoms with Crippen molar-refractivity contribution in [2.45, 2.75) is 32.0 Å². The number of amides is 1. The van der Waals surface area contributed by atoms with Crippen LogP contribution in [0.2, 0.25) is 0 Å². The molecule has 106 valence electrons. The van der Waals surface area contributed by atoms with Gasteiger partial charge in [-0.1, -0.05) is 0 Å². The first-order chi connectivity index (χ1) is 8.28. The first-order valence-corrected chi connectivity index (χ1v) is 6.09. The molecule has 0 bridgehead atoms. The minimum absolute atomic E-state index is 0.0132. The van der Waals surface area contributed by atoms with Crippen molar-refractivity contribution in [2.75, 3.05) is 26.2 Å². The Hall–Kier alpha value is -0.820. The predicted octanol–water partition coefficient (Wildman–Crippen LogP) is 0.724. The summed E-state index contributed by atoms with van der Waals surface area (Å²) in [6.45, 7) is 2.08. The highest BCUT2D eigenvalue weighted by Crippen LogP contribution is 2.18. The molecule has 1 amide bonds. The van der Waals surface area contributed by atoms with Gasteiger partial charge in [-0.05, 0) is 32.2 Å². The highest BCUT2D eigenvalue weighted by molar-refractivity contribution is 5.78. The molecular weight excluding hydrogens is 247 g/mol. The van der Waals surface area contributed by atoms with Crippen LogP contribution in [0.3, 0.4) is 0 Å². The Morgan fingerprint density at radius 3 is 2.78 bits per heavy atom. The topological polar surface area (TPSA) is 58.4 Å². The highest BCUT2D eigenvalue weighted by atomic mass is 19.4. The molecule has 2 atom stereocenters. The Morgan fingerprint density at radius 2 is 2.22 bits per heavy atom. The molecule has 1 saturated heterocycles. The van der Waals surface area contributed by atoms with Crippen LogP contribution in [0.4, 0.5) is 13.2 Å². The second kappa shape index (κ2) is 6.38. The molecule has 3 N–H and O–H groups in total. The number of nitrogens with one attached hydrogen (secondary N) is 1. The first kappa shape index (κ1) is 15.2. The summed E-state index contributed by atoms with van der Waals surface area (Å²) < 4.78 is 35.8. The third-order valence-electron chi connectivity index (χ3n) is 3.14. The van der Waals surface area contributed by atoms with E-state index < -0.39 is 18.6 Å². The number of carbonyl (C=O) groups is 1. The van der Waals surface area contributed by atoms with Crippen LogP contribution in [0.1, 0.15) is 19.8 Å². The number of hydrogen-bond acceptors (Lipinski definition) is 3. The summed E-state index contributed by atoms with van der Waals surface area (Å²) in [5.41, 5.74) is 5.80. The molecule has 1 rings (SSSR count). The maximum Gasteiger partial charge on any atom is 0.405 e. The Bertz CT molecular complexity index is 281. The van der Waals surface area contributed by atoms with Gasteiger partial charge in [0.15, 0.2) is 0 Å². The van der Waals surface area contributed by atoms with Crippen molar-refractivity contribution in [3.8, 4) is 0 Å². The second-order valence-corrected chi connectivity index (χ2v) is 4.89. The number of carbonyl (C=O) groups excluding carboxylic acids is 1. The minimum atomic E-state index is -4.36. The van der Waals surface area contributed by atoms with Gasteiger partial charge in [0.25, 0.3) is 0 Å². The van der Waals surface area contributed by atoms with Crippen LogP contribution >= 0.6 is 0 Å². The Kier molecular flexibility index (Phi) is 5.40. The molecule has 1 fully saturated rings. The molecule has 0 spiro atoms. The van der Waals surface area contributed by atoms with Crippen molar-refractivity contribution in [3.63, 3.8) is 0 Å². The van der Waals surface area contributed by atoms with E-state index in [4.69, 9.17) is 5.73 Å². The molecule has 0 aromatic carbocycles. The van der Waals surface area contributed by atoms with Gasteiger partial charge in [-0.15, -0.1) is 0 Å². The number of nitrogens with zero attached hydrogens (tertiary/aromatic N) is 1. The number of hydrogen-bond donors (Lipinski definition) is 2. The molecule has 1 aliphatic rings. The molecule has 1 heterocycles. The van der Waals surface area contributed by atoms with E-state index >= 15 is 0 Å². The van der Waals surface area contributed by atoms with E-state index in [0.717, 1.165) is 19.4 Å². The average Bonchev–Trinajstić information content (AvgIpc) is 2.26. The SMILES string of the molecule is CC(N)C1CCCN(CC(=O)NCC(F)(F)F)C1. The van der Waals surface area contributed by atoms with Gasteiger partial charge < -0.3 is 11.1 Å². The van der Waals surface area contributed by atoms with Crippen LogP contribution in [-0.4, -0.2) is 49.2 Å². The number of halogens is 3. The molecule has 7 heteroatoms. The lowest BCUT2D eigenvalue weighted by Crippen LogP contribution is -2.47. The monoisotopic (exact) mass is 267 g/mol. The molecule has 18 heavy (non-hydrogen) atoms. The van der Waals surface area contributed by atoms with Crippen LogP contribution in [0.5, 0.6) is 0 Å². The third-order valence-corrected chi connectivity index (χ3v) is 3.14. The smallest absolute Gasteiger partial charge is 0.346 e. The summed E-state index contributed by atoms with van der Waals surface area (Å²) in [7, 11) is 0. The molecule has 2 unspecified atom stereocenters. The molecular formula is C11H20F3N3O. The van der Waals surface area contributed by atoms with Crippen molar-refractivity contribution >= 4 is 5.91 Å². The molecule has 0 saturated carbocycles. The zero-order chi connectivity index (χ0) is 13.8. The zero-order valence-electron chi connectivity index (χ0n) is 10.5. The molecule has 0 aliphatic carbocycles. The van der Waals surface area contributed by atoms with Crippen molar-refractivity contribution in [3.05, 3.63) is 0 Å². The molecule has 1 aliphatic heterocycles. The lowest BCUT2D eigenvalue weighted by Gasteiger charge is -2.34. The second-order valence-electron chi connectivity index (χ2n) is 4.89. The third kappa shape index (κ3) is 5.68. The Balaban J connectivity index is 2.31. The first-order valence-electron chi connectivity index (χ1n) is 6.09. The maximum atomic E-state index is 11.9. The lowest BCUT2D eigenvalue weighted by molar-refractivity contribution is -0.139. The normalized spacial score (nSPS) is 23.7. The van der Waals surface area contributed by atoms with Gasteiger partial charge in [-0.25, -0.2) is 0 Å². The van der Waals surface area contributed by atoms with Crippen molar-refractivity contribution in [1.82, 2.24) is 10.2 Å². The fourth-order valence-electron chi connectivity index (χ4n) is 2.12. The number of rotatable bonds is 4. The summed E-state index contributed by atoms with van der Waals surface area (Å²) >= 11 is 0. The van der Waals surface area contributed by atoms with Gasteiger partial charge in [-0.3, -0.25) is 9.69 Å². The van der Waals surface area contributed by atoms with Gasteiger partial charge >= 0.3 is 6.18 Å². The molecule has 4 nitrogen and oxygen atoms in total. The lowest BCUT2D eigenvalue weighted by atomic mass is 9.92. The van der Waals surface area contributed by atoms with E-state index in [0.29, 0.717) is 12.5 Å². The maximum absolute atomic E-state index is 11.9. The summed E-state index contributed by atoms with van der Waals surface area (Å²) in [5.74, 6) is -0.271. The van der Waals surface area contributed by atoms with E-state index in [-0.39, 0.29) is 12.6 Å². The zero-order valence-corrected chi connectivity index (χ0v) is 10.5. The van der Waals surface area contributed by atoms with Crippen LogP contribution in [0.25, 0.3) is 0 Å². The average molecular weight is 267 g/mol.